The van der Waals surface area contributed by atoms with Crippen molar-refractivity contribution < 1.29 is 42.0 Å². The van der Waals surface area contributed by atoms with E-state index >= 15 is 18.8 Å². The number of carbonyl (C=O) groups is 4. The van der Waals surface area contributed by atoms with Crippen molar-refractivity contribution in [3.05, 3.63) is 111 Å². The number of hydrogen-bond acceptors (Lipinski definition) is 11. The highest BCUT2D eigenvalue weighted by Crippen LogP contribution is 2.59. The smallest absolute Gasteiger partial charge is 0.265 e. The number of ether oxygens (including phenoxy) is 2. The molecule has 1 N–H and O–H groups in total. The van der Waals surface area contributed by atoms with Gasteiger partial charge in [0, 0.05) is 35.2 Å². The van der Waals surface area contributed by atoms with Crippen LogP contribution in [0.1, 0.15) is 113 Å². The van der Waals surface area contributed by atoms with Gasteiger partial charge in [-0.1, -0.05) is 94.3 Å². The number of carbonyl (C=O) groups excluding carboxylic acids is 4. The zero-order valence-electron chi connectivity index (χ0n) is 37.9. The number of aromatic nitrogens is 1. The third-order valence-corrected chi connectivity index (χ3v) is 19.4. The lowest BCUT2D eigenvalue weighted by Crippen LogP contribution is -2.70. The van der Waals surface area contributed by atoms with Gasteiger partial charge >= 0.3 is 0 Å². The van der Waals surface area contributed by atoms with E-state index in [-0.39, 0.29) is 91.7 Å². The Kier molecular flexibility index (Phi) is 11.6. The van der Waals surface area contributed by atoms with E-state index < -0.39 is 65.9 Å². The van der Waals surface area contributed by atoms with Crippen molar-refractivity contribution in [1.82, 2.24) is 20.3 Å². The second-order valence-electron chi connectivity index (χ2n) is 20.2. The molecular weight excluding hydrogens is 832 g/mol. The summed E-state index contributed by atoms with van der Waals surface area (Å²) >= 11 is 0. The molecule has 4 aromatic rings. The van der Waals surface area contributed by atoms with Crippen molar-refractivity contribution in [2.45, 2.75) is 121 Å². The van der Waals surface area contributed by atoms with Gasteiger partial charge in [-0.05, 0) is 80.1 Å². The third kappa shape index (κ3) is 7.43. The van der Waals surface area contributed by atoms with E-state index in [9.17, 15) is 4.79 Å². The van der Waals surface area contributed by atoms with Crippen LogP contribution in [0.3, 0.4) is 0 Å². The summed E-state index contributed by atoms with van der Waals surface area (Å²) in [4.78, 5) is 64.5. The summed E-state index contributed by atoms with van der Waals surface area (Å²) in [6.45, 7) is 10.5. The van der Waals surface area contributed by atoms with Gasteiger partial charge in [-0.25, -0.2) is 4.39 Å². The topological polar surface area (TPSA) is 141 Å². The quantitative estimate of drug-likeness (QED) is 0.109. The molecule has 64 heavy (non-hydrogen) atoms. The van der Waals surface area contributed by atoms with E-state index in [1.807, 2.05) is 114 Å². The Morgan fingerprint density at radius 2 is 1.55 bits per heavy atom. The zero-order valence-corrected chi connectivity index (χ0v) is 38.9. The Labute approximate surface area is 375 Å². The summed E-state index contributed by atoms with van der Waals surface area (Å²) in [5.74, 6) is -5.03. The highest BCUT2D eigenvalue weighted by Gasteiger charge is 2.70. The third-order valence-electron chi connectivity index (χ3n) is 15.0. The van der Waals surface area contributed by atoms with E-state index in [1.54, 1.807) is 4.90 Å². The van der Waals surface area contributed by atoms with Crippen molar-refractivity contribution >= 4 is 31.6 Å². The molecule has 1 amide bonds. The molecule has 2 saturated carbocycles. The van der Waals surface area contributed by atoms with Gasteiger partial charge in [0.1, 0.15) is 30.3 Å². The first-order valence-corrected chi connectivity index (χ1v) is 25.6. The summed E-state index contributed by atoms with van der Waals surface area (Å²) in [7, 11) is 0.692. The van der Waals surface area contributed by atoms with Gasteiger partial charge in [-0.2, -0.15) is 0 Å². The summed E-state index contributed by atoms with van der Waals surface area (Å²) < 4.78 is 43.5. The molecular formula is C50H59FN4O8Si. The maximum Gasteiger partial charge on any atom is 0.265 e. The van der Waals surface area contributed by atoms with E-state index in [4.69, 9.17) is 18.4 Å². The monoisotopic (exact) mass is 890 g/mol. The second kappa shape index (κ2) is 16.8. The molecule has 9 rings (SSSR count). The van der Waals surface area contributed by atoms with Crippen LogP contribution in [0.15, 0.2) is 65.2 Å². The number of benzene rings is 3. The molecule has 5 atom stereocenters. The molecule has 1 unspecified atom stereocenters. The number of Topliss-reactive ketones (excluding diaryl/α,β-unsaturated/α-hetero) is 3. The molecule has 1 aliphatic heterocycles. The fraction of sp³-hybridized carbons (Fsp3) is 0.500. The average molecular weight is 891 g/mol. The molecule has 5 aliphatic rings. The van der Waals surface area contributed by atoms with Crippen molar-refractivity contribution in [2.75, 3.05) is 20.6 Å². The minimum absolute atomic E-state index is 0.00561. The van der Waals surface area contributed by atoms with E-state index in [1.165, 1.54) is 0 Å². The normalized spacial score (nSPS) is 24.3. The number of hydrogen-bond donors (Lipinski definition) is 1. The number of nitrogens with zero attached hydrogens (tertiary/aromatic N) is 3. The summed E-state index contributed by atoms with van der Waals surface area (Å²) in [5, 5.41) is 7.22. The lowest BCUT2D eigenvalue weighted by atomic mass is 9.54. The van der Waals surface area contributed by atoms with Crippen LogP contribution in [0, 0.1) is 23.6 Å². The SMILES string of the molecule is CN(C)[C@@H]1c2onc(OCc3ccccc3)c2C(=O)[C@@]2(O[Si](C)(C)C(C)(C)C)C(=O)C3C(=O)c4c(c(F)c5c(c4OCc4ccccc4)CN(C(=O)CNC4CCCC4)C5)C[C@H]3C[C@@H]12. The molecule has 4 aliphatic carbocycles. The van der Waals surface area contributed by atoms with Crippen LogP contribution in [0.2, 0.25) is 18.1 Å². The van der Waals surface area contributed by atoms with Gasteiger partial charge in [0.15, 0.2) is 31.2 Å². The van der Waals surface area contributed by atoms with E-state index in [0.29, 0.717) is 11.1 Å². The van der Waals surface area contributed by atoms with Crippen LogP contribution in [0.25, 0.3) is 0 Å². The van der Waals surface area contributed by atoms with E-state index in [2.05, 4.69) is 10.5 Å². The van der Waals surface area contributed by atoms with Crippen molar-refractivity contribution in [3.8, 4) is 11.6 Å². The minimum atomic E-state index is -3.01. The predicted molar refractivity (Wildman–Crippen MR) is 239 cm³/mol. The molecule has 0 spiro atoms. The maximum atomic E-state index is 17.4. The Morgan fingerprint density at radius 1 is 0.922 bits per heavy atom. The minimum Gasteiger partial charge on any atom is -0.488 e. The Morgan fingerprint density at radius 3 is 2.17 bits per heavy atom. The fourth-order valence-electron chi connectivity index (χ4n) is 10.7. The van der Waals surface area contributed by atoms with Gasteiger partial charge in [0.25, 0.3) is 5.88 Å². The van der Waals surface area contributed by atoms with Crippen LogP contribution >= 0.6 is 0 Å². The molecule has 3 aromatic carbocycles. The van der Waals surface area contributed by atoms with Crippen LogP contribution in [-0.2, 0) is 46.7 Å². The zero-order chi connectivity index (χ0) is 45.3. The highest BCUT2D eigenvalue weighted by molar-refractivity contribution is 6.74. The summed E-state index contributed by atoms with van der Waals surface area (Å²) in [5.41, 5.74) is 0.526. The number of ketones is 3. The standard InChI is InChI=1S/C50H59FN4O8Si/c1-49(2,3)64(6,7)63-50-36(42(54(4)5)45-40(47(50)59)48(53-62-45)61-28-30-18-12-9-13-19-30)23-31-22-33-39(43(57)38(31)46(50)58)44(60-27-29-16-10-8-11-17-29)35-26-55(25-34(35)41(33)51)37(56)24-52-32-20-14-15-21-32/h8-13,16-19,31-32,36,38,42,52H,14-15,20-28H2,1-7H3/t31-,36-,38?,42-,50-/m0/s1. The molecule has 1 aromatic heterocycles. The molecule has 0 saturated heterocycles. The molecule has 14 heteroatoms. The van der Waals surface area contributed by atoms with Gasteiger partial charge in [0.05, 0.1) is 30.6 Å². The number of amides is 1. The lowest BCUT2D eigenvalue weighted by molar-refractivity contribution is -0.151. The largest absolute Gasteiger partial charge is 0.488 e. The molecule has 2 heterocycles. The van der Waals surface area contributed by atoms with Gasteiger partial charge in [-0.15, -0.1) is 0 Å². The average Bonchev–Trinajstić information content (AvgIpc) is 4.05. The van der Waals surface area contributed by atoms with Crippen molar-refractivity contribution in [3.63, 3.8) is 0 Å². The lowest BCUT2D eigenvalue weighted by Gasteiger charge is -2.56. The highest BCUT2D eigenvalue weighted by atomic mass is 28.4. The van der Waals surface area contributed by atoms with Gasteiger partial charge in [-0.3, -0.25) is 24.1 Å². The Hall–Kier alpha value is -5.02. The molecule has 0 bridgehead atoms. The van der Waals surface area contributed by atoms with Crippen molar-refractivity contribution in [1.29, 1.82) is 0 Å². The second-order valence-corrected chi connectivity index (χ2v) is 24.9. The first kappa shape index (κ1) is 44.2. The summed E-state index contributed by atoms with van der Waals surface area (Å²) in [6, 6.07) is 18.5. The first-order valence-electron chi connectivity index (χ1n) is 22.7. The van der Waals surface area contributed by atoms with E-state index in [0.717, 1.165) is 36.8 Å². The Bertz CT molecular complexity index is 2480. The number of fused-ring (bicyclic) bond motifs is 5. The molecule has 338 valence electrons. The number of halogens is 1. The predicted octanol–water partition coefficient (Wildman–Crippen LogP) is 8.17. The molecule has 12 nitrogen and oxygen atoms in total. The number of rotatable bonds is 12. The molecule has 2 fully saturated rings. The van der Waals surface area contributed by atoms with Crippen LogP contribution in [0.5, 0.6) is 11.6 Å². The van der Waals surface area contributed by atoms with Crippen LogP contribution in [-0.4, -0.2) is 78.8 Å². The summed E-state index contributed by atoms with van der Waals surface area (Å²) in [6.07, 6.45) is 4.50. The maximum absolute atomic E-state index is 17.4. The fourth-order valence-corrected chi connectivity index (χ4v) is 12.1. The molecule has 0 radical (unpaired) electrons. The van der Waals surface area contributed by atoms with Gasteiger partial charge < -0.3 is 28.6 Å². The van der Waals surface area contributed by atoms with Crippen LogP contribution in [0.4, 0.5) is 4.39 Å². The first-order chi connectivity index (χ1) is 30.5. The van der Waals surface area contributed by atoms with Crippen LogP contribution < -0.4 is 14.8 Å². The van der Waals surface area contributed by atoms with Crippen molar-refractivity contribution in [2.24, 2.45) is 17.8 Å². The number of nitrogens with one attached hydrogen (secondary N) is 1. The van der Waals surface area contributed by atoms with Gasteiger partial charge in [0.2, 0.25) is 11.7 Å². The Balaban J connectivity index is 1.15.